The van der Waals surface area contributed by atoms with Crippen molar-refractivity contribution in [3.8, 4) is 0 Å². The zero-order valence-electron chi connectivity index (χ0n) is 12.3. The molecule has 0 aliphatic heterocycles. The first-order valence-corrected chi connectivity index (χ1v) is 7.49. The lowest BCUT2D eigenvalue weighted by molar-refractivity contribution is 1.18. The Kier molecular flexibility index (Phi) is 4.35. The molecule has 2 aromatic carbocycles. The summed E-state index contributed by atoms with van der Waals surface area (Å²) in [6.45, 7) is 2.72. The van der Waals surface area contributed by atoms with Crippen molar-refractivity contribution in [3.63, 3.8) is 0 Å². The van der Waals surface area contributed by atoms with Crippen LogP contribution in [0.15, 0.2) is 54.6 Å². The third kappa shape index (κ3) is 3.43. The van der Waals surface area contributed by atoms with E-state index in [1.165, 1.54) is 11.1 Å². The molecule has 4 heteroatoms. The average molecular weight is 310 g/mol. The molecule has 0 atom stereocenters. The summed E-state index contributed by atoms with van der Waals surface area (Å²) in [5.41, 5.74) is 3.19. The largest absolute Gasteiger partial charge is 0.366 e. The van der Waals surface area contributed by atoms with E-state index in [1.54, 1.807) is 0 Å². The molecule has 3 nitrogen and oxygen atoms in total. The number of fused-ring (bicyclic) bond motifs is 1. The lowest BCUT2D eigenvalue weighted by atomic mass is 10.1. The summed E-state index contributed by atoms with van der Waals surface area (Å²) in [6.07, 6.45) is 4.14. The molecule has 1 aromatic heterocycles. The topological polar surface area (TPSA) is 37.8 Å². The first-order chi connectivity index (χ1) is 10.7. The van der Waals surface area contributed by atoms with Gasteiger partial charge in [-0.15, -0.1) is 0 Å². The van der Waals surface area contributed by atoms with Crippen LogP contribution in [-0.2, 0) is 0 Å². The lowest BCUT2D eigenvalue weighted by Gasteiger charge is -2.08. The Hall–Kier alpha value is -2.39. The highest BCUT2D eigenvalue weighted by molar-refractivity contribution is 6.28. The Morgan fingerprint density at radius 1 is 1.09 bits per heavy atom. The molecule has 0 aliphatic carbocycles. The molecule has 0 saturated carbocycles. The highest BCUT2D eigenvalue weighted by Gasteiger charge is 2.05. The standard InChI is InChI=1S/C18H16ClN3/c1-13-9-10-16-15(12-13)17(22-18(19)21-16)20-11-5-8-14-6-3-2-4-7-14/h2-10,12H,11H2,1H3,(H,20,21,22)/b8-5+. The van der Waals surface area contributed by atoms with Crippen LogP contribution in [0.5, 0.6) is 0 Å². The van der Waals surface area contributed by atoms with Gasteiger partial charge in [-0.2, -0.15) is 0 Å². The summed E-state index contributed by atoms with van der Waals surface area (Å²) >= 11 is 5.99. The number of nitrogens with one attached hydrogen (secondary N) is 1. The molecule has 3 rings (SSSR count). The zero-order chi connectivity index (χ0) is 15.4. The Morgan fingerprint density at radius 2 is 1.91 bits per heavy atom. The Morgan fingerprint density at radius 3 is 2.73 bits per heavy atom. The fourth-order valence-corrected chi connectivity index (χ4v) is 2.44. The Labute approximate surface area is 134 Å². The van der Waals surface area contributed by atoms with Crippen molar-refractivity contribution in [2.75, 3.05) is 11.9 Å². The molecule has 0 unspecified atom stereocenters. The van der Waals surface area contributed by atoms with E-state index in [9.17, 15) is 0 Å². The summed E-state index contributed by atoms with van der Waals surface area (Å²) in [5.74, 6) is 0.761. The molecular formula is C18H16ClN3. The highest BCUT2D eigenvalue weighted by Crippen LogP contribution is 2.23. The van der Waals surface area contributed by atoms with Gasteiger partial charge in [0, 0.05) is 11.9 Å². The SMILES string of the molecule is Cc1ccc2nc(Cl)nc(NC/C=C/c3ccccc3)c2c1. The molecule has 0 saturated heterocycles. The first kappa shape index (κ1) is 14.5. The average Bonchev–Trinajstić information content (AvgIpc) is 2.53. The number of hydrogen-bond acceptors (Lipinski definition) is 3. The van der Waals surface area contributed by atoms with Crippen LogP contribution in [0, 0.1) is 6.92 Å². The minimum Gasteiger partial charge on any atom is -0.366 e. The van der Waals surface area contributed by atoms with Crippen molar-refractivity contribution in [3.05, 3.63) is 71.0 Å². The number of aryl methyl sites for hydroxylation is 1. The van der Waals surface area contributed by atoms with Gasteiger partial charge in [-0.25, -0.2) is 9.97 Å². The first-order valence-electron chi connectivity index (χ1n) is 7.12. The van der Waals surface area contributed by atoms with Gasteiger partial charge in [-0.05, 0) is 36.2 Å². The van der Waals surface area contributed by atoms with Gasteiger partial charge in [0.2, 0.25) is 5.28 Å². The van der Waals surface area contributed by atoms with E-state index in [4.69, 9.17) is 11.6 Å². The van der Waals surface area contributed by atoms with E-state index < -0.39 is 0 Å². The van der Waals surface area contributed by atoms with Crippen LogP contribution in [0.1, 0.15) is 11.1 Å². The van der Waals surface area contributed by atoms with E-state index >= 15 is 0 Å². The molecular weight excluding hydrogens is 294 g/mol. The van der Waals surface area contributed by atoms with Crippen molar-refractivity contribution in [1.29, 1.82) is 0 Å². The second-order valence-corrected chi connectivity index (χ2v) is 5.39. The second-order valence-electron chi connectivity index (χ2n) is 5.06. The molecule has 0 radical (unpaired) electrons. The van der Waals surface area contributed by atoms with E-state index in [0.29, 0.717) is 6.54 Å². The molecule has 0 fully saturated rings. The summed E-state index contributed by atoms with van der Waals surface area (Å²) < 4.78 is 0. The Balaban J connectivity index is 1.79. The summed E-state index contributed by atoms with van der Waals surface area (Å²) in [6, 6.07) is 16.2. The number of anilines is 1. The van der Waals surface area contributed by atoms with Gasteiger partial charge in [0.15, 0.2) is 0 Å². The second kappa shape index (κ2) is 6.58. The molecule has 0 spiro atoms. The molecule has 0 bridgehead atoms. The van der Waals surface area contributed by atoms with E-state index in [2.05, 4.69) is 45.6 Å². The van der Waals surface area contributed by atoms with Crippen molar-refractivity contribution >= 4 is 34.4 Å². The van der Waals surface area contributed by atoms with Gasteiger partial charge in [0.05, 0.1) is 5.52 Å². The molecule has 0 aliphatic rings. The van der Waals surface area contributed by atoms with Gasteiger partial charge in [-0.3, -0.25) is 0 Å². The molecule has 22 heavy (non-hydrogen) atoms. The van der Waals surface area contributed by atoms with Crippen molar-refractivity contribution in [2.24, 2.45) is 0 Å². The number of rotatable bonds is 4. The highest BCUT2D eigenvalue weighted by atomic mass is 35.5. The number of nitrogens with zero attached hydrogens (tertiary/aromatic N) is 2. The Bertz CT molecular complexity index is 813. The number of benzene rings is 2. The minimum absolute atomic E-state index is 0.255. The molecule has 1 N–H and O–H groups in total. The predicted octanol–water partition coefficient (Wildman–Crippen LogP) is 4.72. The van der Waals surface area contributed by atoms with E-state index in [0.717, 1.165) is 16.7 Å². The van der Waals surface area contributed by atoms with Gasteiger partial charge in [0.25, 0.3) is 0 Å². The number of aromatic nitrogens is 2. The van der Waals surface area contributed by atoms with Crippen LogP contribution in [0.3, 0.4) is 0 Å². The maximum atomic E-state index is 5.99. The van der Waals surface area contributed by atoms with Crippen molar-refractivity contribution in [1.82, 2.24) is 9.97 Å². The van der Waals surface area contributed by atoms with Crippen LogP contribution in [0.25, 0.3) is 17.0 Å². The fourth-order valence-electron chi connectivity index (χ4n) is 2.26. The summed E-state index contributed by atoms with van der Waals surface area (Å²) in [7, 11) is 0. The zero-order valence-corrected chi connectivity index (χ0v) is 13.0. The van der Waals surface area contributed by atoms with Crippen LogP contribution < -0.4 is 5.32 Å². The molecule has 110 valence electrons. The molecule has 0 amide bonds. The van der Waals surface area contributed by atoms with Crippen molar-refractivity contribution < 1.29 is 0 Å². The van der Waals surface area contributed by atoms with E-state index in [1.807, 2.05) is 37.3 Å². The third-order valence-electron chi connectivity index (χ3n) is 3.32. The minimum atomic E-state index is 0.255. The van der Waals surface area contributed by atoms with Gasteiger partial charge in [-0.1, -0.05) is 54.1 Å². The number of halogens is 1. The normalized spacial score (nSPS) is 11.2. The lowest BCUT2D eigenvalue weighted by Crippen LogP contribution is -2.02. The van der Waals surface area contributed by atoms with Gasteiger partial charge in [0.1, 0.15) is 5.82 Å². The fraction of sp³-hybridized carbons (Fsp3) is 0.111. The van der Waals surface area contributed by atoms with Crippen LogP contribution >= 0.6 is 11.6 Å². The van der Waals surface area contributed by atoms with Crippen LogP contribution in [0.2, 0.25) is 5.28 Å². The molecule has 3 aromatic rings. The maximum Gasteiger partial charge on any atom is 0.224 e. The molecule has 1 heterocycles. The number of hydrogen-bond donors (Lipinski definition) is 1. The van der Waals surface area contributed by atoms with Gasteiger partial charge >= 0.3 is 0 Å². The van der Waals surface area contributed by atoms with E-state index in [-0.39, 0.29) is 5.28 Å². The van der Waals surface area contributed by atoms with Crippen molar-refractivity contribution in [2.45, 2.75) is 6.92 Å². The summed E-state index contributed by atoms with van der Waals surface area (Å²) in [5, 5.41) is 4.54. The maximum absolute atomic E-state index is 5.99. The van der Waals surface area contributed by atoms with Gasteiger partial charge < -0.3 is 5.32 Å². The quantitative estimate of drug-likeness (QED) is 0.709. The summed E-state index contributed by atoms with van der Waals surface area (Å²) in [4.78, 5) is 8.55. The predicted molar refractivity (Wildman–Crippen MR) is 93.3 cm³/mol. The van der Waals surface area contributed by atoms with Crippen LogP contribution in [0.4, 0.5) is 5.82 Å². The van der Waals surface area contributed by atoms with Crippen LogP contribution in [-0.4, -0.2) is 16.5 Å². The monoisotopic (exact) mass is 309 g/mol. The smallest absolute Gasteiger partial charge is 0.224 e. The third-order valence-corrected chi connectivity index (χ3v) is 3.49.